The molecule has 3 aliphatic rings. The van der Waals surface area contributed by atoms with Crippen LogP contribution in [-0.2, 0) is 11.0 Å². The van der Waals surface area contributed by atoms with Crippen LogP contribution in [0.1, 0.15) is 44.1 Å². The van der Waals surface area contributed by atoms with E-state index in [2.05, 4.69) is 9.88 Å². The van der Waals surface area contributed by atoms with E-state index in [4.69, 9.17) is 0 Å². The molecule has 27 heavy (non-hydrogen) atoms. The summed E-state index contributed by atoms with van der Waals surface area (Å²) in [5, 5.41) is 0. The molecule has 1 amide bonds. The summed E-state index contributed by atoms with van der Waals surface area (Å²) in [6.45, 7) is 3.15. The number of likely N-dealkylation sites (tertiary alicyclic amines) is 1. The van der Waals surface area contributed by atoms with Gasteiger partial charge in [0.2, 0.25) is 5.91 Å². The number of alkyl halides is 3. The third-order valence-corrected chi connectivity index (χ3v) is 6.55. The molecular weight excluding hydrogens is 355 g/mol. The maximum atomic E-state index is 12.9. The number of hydrogen-bond donors (Lipinski definition) is 0. The lowest BCUT2D eigenvalue weighted by Crippen LogP contribution is -2.37. The zero-order valence-electron chi connectivity index (χ0n) is 15.4. The van der Waals surface area contributed by atoms with Crippen LogP contribution in [0.3, 0.4) is 0 Å². The van der Waals surface area contributed by atoms with E-state index in [0.29, 0.717) is 43.1 Å². The van der Waals surface area contributed by atoms with Gasteiger partial charge in [-0.15, -0.1) is 0 Å². The van der Waals surface area contributed by atoms with Crippen molar-refractivity contribution in [3.05, 3.63) is 23.9 Å². The first kappa shape index (κ1) is 18.6. The molecule has 2 unspecified atom stereocenters. The van der Waals surface area contributed by atoms with Crippen LogP contribution in [0.4, 0.5) is 19.0 Å². The van der Waals surface area contributed by atoms with Gasteiger partial charge in [0.05, 0.1) is 5.56 Å². The minimum atomic E-state index is -4.35. The Hall–Kier alpha value is -1.79. The maximum absolute atomic E-state index is 12.9. The minimum Gasteiger partial charge on any atom is -0.357 e. The van der Waals surface area contributed by atoms with Crippen molar-refractivity contribution in [2.45, 2.75) is 44.7 Å². The number of pyridine rings is 1. The summed E-state index contributed by atoms with van der Waals surface area (Å²) in [4.78, 5) is 20.7. The molecule has 1 aliphatic carbocycles. The summed E-state index contributed by atoms with van der Waals surface area (Å²) in [5.41, 5.74) is -0.663. The molecule has 3 fully saturated rings. The van der Waals surface area contributed by atoms with Gasteiger partial charge >= 0.3 is 6.18 Å². The van der Waals surface area contributed by atoms with E-state index in [-0.39, 0.29) is 5.91 Å². The van der Waals surface area contributed by atoms with Gasteiger partial charge in [-0.05, 0) is 55.6 Å². The molecule has 1 saturated carbocycles. The molecule has 2 aliphatic heterocycles. The highest BCUT2D eigenvalue weighted by atomic mass is 19.4. The number of carbonyl (C=O) groups is 1. The summed E-state index contributed by atoms with van der Waals surface area (Å²) in [7, 11) is 0. The average Bonchev–Trinajstić information content (AvgIpc) is 3.24. The van der Waals surface area contributed by atoms with Gasteiger partial charge in [0.15, 0.2) is 0 Å². The quantitative estimate of drug-likeness (QED) is 0.795. The Morgan fingerprint density at radius 2 is 1.78 bits per heavy atom. The van der Waals surface area contributed by atoms with E-state index in [9.17, 15) is 18.0 Å². The van der Waals surface area contributed by atoms with Gasteiger partial charge in [-0.1, -0.05) is 6.42 Å². The number of piperidine rings is 1. The Balaban J connectivity index is 1.29. The molecular formula is C20H26F3N3O. The SMILES string of the molecule is O=C(CC1CCN(c2cc(C(F)(F)F)ccn2)CC1)N1CC2CCCC2C1. The smallest absolute Gasteiger partial charge is 0.357 e. The lowest BCUT2D eigenvalue weighted by Gasteiger charge is -2.33. The van der Waals surface area contributed by atoms with Crippen molar-refractivity contribution in [2.75, 3.05) is 31.1 Å². The fourth-order valence-electron chi connectivity index (χ4n) is 4.95. The Labute approximate surface area is 157 Å². The number of amides is 1. The van der Waals surface area contributed by atoms with Crippen molar-refractivity contribution in [3.63, 3.8) is 0 Å². The van der Waals surface area contributed by atoms with Crippen LogP contribution < -0.4 is 4.90 Å². The molecule has 3 heterocycles. The number of nitrogens with zero attached hydrogens (tertiary/aromatic N) is 3. The molecule has 1 aromatic rings. The van der Waals surface area contributed by atoms with E-state index >= 15 is 0 Å². The van der Waals surface area contributed by atoms with Crippen molar-refractivity contribution in [3.8, 4) is 0 Å². The largest absolute Gasteiger partial charge is 0.416 e. The molecule has 2 saturated heterocycles. The molecule has 0 radical (unpaired) electrons. The van der Waals surface area contributed by atoms with E-state index in [1.54, 1.807) is 0 Å². The van der Waals surface area contributed by atoms with Gasteiger partial charge in [0.1, 0.15) is 5.82 Å². The summed E-state index contributed by atoms with van der Waals surface area (Å²) < 4.78 is 38.7. The second kappa shape index (κ2) is 7.32. The molecule has 2 atom stereocenters. The number of aromatic nitrogens is 1. The Bertz CT molecular complexity index is 673. The van der Waals surface area contributed by atoms with Gasteiger partial charge in [0.25, 0.3) is 0 Å². The predicted molar refractivity (Wildman–Crippen MR) is 96.2 cm³/mol. The number of anilines is 1. The molecule has 0 aromatic carbocycles. The summed E-state index contributed by atoms with van der Waals surface area (Å²) in [5.74, 6) is 2.38. The van der Waals surface area contributed by atoms with Gasteiger partial charge in [-0.3, -0.25) is 4.79 Å². The average molecular weight is 381 g/mol. The third kappa shape index (κ3) is 4.06. The van der Waals surface area contributed by atoms with Crippen LogP contribution in [-0.4, -0.2) is 42.0 Å². The molecule has 1 aromatic heterocycles. The summed E-state index contributed by atoms with van der Waals surface area (Å²) in [6.07, 6.45) is 2.92. The molecule has 0 spiro atoms. The van der Waals surface area contributed by atoms with Crippen molar-refractivity contribution in [2.24, 2.45) is 17.8 Å². The van der Waals surface area contributed by atoms with E-state index in [1.165, 1.54) is 25.5 Å². The first-order valence-electron chi connectivity index (χ1n) is 9.96. The molecule has 0 N–H and O–H groups in total. The molecule has 148 valence electrons. The second-order valence-electron chi connectivity index (χ2n) is 8.28. The van der Waals surface area contributed by atoms with Crippen LogP contribution >= 0.6 is 0 Å². The van der Waals surface area contributed by atoms with Crippen molar-refractivity contribution >= 4 is 11.7 Å². The van der Waals surface area contributed by atoms with Crippen LogP contribution in [0.2, 0.25) is 0 Å². The predicted octanol–water partition coefficient (Wildman–Crippen LogP) is 3.97. The van der Waals surface area contributed by atoms with Crippen LogP contribution in [0, 0.1) is 17.8 Å². The topological polar surface area (TPSA) is 36.4 Å². The molecule has 0 bridgehead atoms. The normalized spacial score (nSPS) is 26.5. The number of fused-ring (bicyclic) bond motifs is 1. The summed E-state index contributed by atoms with van der Waals surface area (Å²) in [6, 6.07) is 2.12. The fourth-order valence-corrected chi connectivity index (χ4v) is 4.95. The highest BCUT2D eigenvalue weighted by molar-refractivity contribution is 5.76. The lowest BCUT2D eigenvalue weighted by molar-refractivity contribution is -0.137. The van der Waals surface area contributed by atoms with Gasteiger partial charge in [-0.25, -0.2) is 4.98 Å². The first-order chi connectivity index (χ1) is 12.9. The zero-order valence-corrected chi connectivity index (χ0v) is 15.4. The second-order valence-corrected chi connectivity index (χ2v) is 8.28. The van der Waals surface area contributed by atoms with E-state index < -0.39 is 11.7 Å². The van der Waals surface area contributed by atoms with Gasteiger partial charge in [-0.2, -0.15) is 13.2 Å². The zero-order chi connectivity index (χ0) is 19.0. The highest BCUT2D eigenvalue weighted by Gasteiger charge is 2.38. The Morgan fingerprint density at radius 1 is 1.11 bits per heavy atom. The minimum absolute atomic E-state index is 0.264. The monoisotopic (exact) mass is 381 g/mol. The van der Waals surface area contributed by atoms with Crippen molar-refractivity contribution in [1.29, 1.82) is 0 Å². The van der Waals surface area contributed by atoms with Crippen LogP contribution in [0.25, 0.3) is 0 Å². The number of hydrogen-bond acceptors (Lipinski definition) is 3. The Kier molecular flexibility index (Phi) is 5.03. The van der Waals surface area contributed by atoms with Gasteiger partial charge in [0, 0.05) is 38.8 Å². The molecule has 4 rings (SSSR count). The number of rotatable bonds is 3. The van der Waals surface area contributed by atoms with E-state index in [1.807, 2.05) is 4.90 Å². The first-order valence-corrected chi connectivity index (χ1v) is 9.96. The van der Waals surface area contributed by atoms with Gasteiger partial charge < -0.3 is 9.80 Å². The summed E-state index contributed by atoms with van der Waals surface area (Å²) >= 11 is 0. The standard InChI is InChI=1S/C20H26F3N3O/c21-20(22,23)17-4-7-24-18(11-17)25-8-5-14(6-9-25)10-19(27)26-12-15-2-1-3-16(15)13-26/h4,7,11,14-16H,1-3,5-6,8-10,12-13H2. The number of carbonyl (C=O) groups excluding carboxylic acids is 1. The fraction of sp³-hybridized carbons (Fsp3) is 0.700. The highest BCUT2D eigenvalue weighted by Crippen LogP contribution is 2.38. The number of halogens is 3. The lowest BCUT2D eigenvalue weighted by atomic mass is 9.93. The van der Waals surface area contributed by atoms with Crippen LogP contribution in [0.5, 0.6) is 0 Å². The van der Waals surface area contributed by atoms with Crippen molar-refractivity contribution < 1.29 is 18.0 Å². The third-order valence-electron chi connectivity index (χ3n) is 6.55. The van der Waals surface area contributed by atoms with Crippen molar-refractivity contribution in [1.82, 2.24) is 9.88 Å². The van der Waals surface area contributed by atoms with E-state index in [0.717, 1.165) is 38.1 Å². The molecule has 4 nitrogen and oxygen atoms in total. The Morgan fingerprint density at radius 3 is 2.41 bits per heavy atom. The maximum Gasteiger partial charge on any atom is 0.416 e. The van der Waals surface area contributed by atoms with Crippen LogP contribution in [0.15, 0.2) is 18.3 Å². The molecule has 7 heteroatoms.